The second-order valence-corrected chi connectivity index (χ2v) is 8.45. The summed E-state index contributed by atoms with van der Waals surface area (Å²) in [5.74, 6) is -0.241. The lowest BCUT2D eigenvalue weighted by Gasteiger charge is -2.14. The number of nitrogens with one attached hydrogen (secondary N) is 2. The normalized spacial score (nSPS) is 12.7. The zero-order valence-corrected chi connectivity index (χ0v) is 16.8. The van der Waals surface area contributed by atoms with Crippen LogP contribution >= 0.6 is 0 Å². The zero-order chi connectivity index (χ0) is 19.9. The van der Waals surface area contributed by atoms with Gasteiger partial charge in [-0.1, -0.05) is 30.3 Å². The predicted octanol–water partition coefficient (Wildman–Crippen LogP) is 2.41. The SMILES string of the molecule is CC(NC(=O)c1ccc(S(=O)(=O)NCCCN(C)C)cc1)c1ccccc1. The molecule has 1 unspecified atom stereocenters. The average Bonchev–Trinajstić information content (AvgIpc) is 2.66. The van der Waals surface area contributed by atoms with Gasteiger partial charge in [-0.05, 0) is 63.8 Å². The summed E-state index contributed by atoms with van der Waals surface area (Å²) in [5.41, 5.74) is 1.43. The van der Waals surface area contributed by atoms with Crippen LogP contribution in [0.3, 0.4) is 0 Å². The molecule has 0 bridgehead atoms. The van der Waals surface area contributed by atoms with Crippen LogP contribution in [0.1, 0.15) is 35.3 Å². The van der Waals surface area contributed by atoms with Crippen LogP contribution in [-0.4, -0.2) is 46.4 Å². The number of nitrogens with zero attached hydrogens (tertiary/aromatic N) is 1. The number of hydrogen-bond acceptors (Lipinski definition) is 4. The van der Waals surface area contributed by atoms with Crippen molar-refractivity contribution in [1.29, 1.82) is 0 Å². The maximum absolute atomic E-state index is 12.4. The standard InChI is InChI=1S/C20H27N3O3S/c1-16(17-8-5-4-6-9-17)22-20(24)18-10-12-19(13-11-18)27(25,26)21-14-7-15-23(2)3/h4-6,8-13,16,21H,7,14-15H2,1-3H3,(H,22,24). The van der Waals surface area contributed by atoms with Crippen LogP contribution in [0, 0.1) is 0 Å². The minimum Gasteiger partial charge on any atom is -0.346 e. The summed E-state index contributed by atoms with van der Waals surface area (Å²) in [7, 11) is 0.316. The van der Waals surface area contributed by atoms with Crippen molar-refractivity contribution in [2.45, 2.75) is 24.3 Å². The molecule has 2 N–H and O–H groups in total. The Morgan fingerprint density at radius 2 is 1.67 bits per heavy atom. The molecule has 7 heteroatoms. The Hall–Kier alpha value is -2.22. The largest absolute Gasteiger partial charge is 0.346 e. The van der Waals surface area contributed by atoms with Gasteiger partial charge in [0.1, 0.15) is 0 Å². The topological polar surface area (TPSA) is 78.5 Å². The molecule has 2 aromatic rings. The molecule has 2 rings (SSSR count). The van der Waals surface area contributed by atoms with Crippen LogP contribution in [0.4, 0.5) is 0 Å². The predicted molar refractivity (Wildman–Crippen MR) is 107 cm³/mol. The van der Waals surface area contributed by atoms with Crippen LogP contribution < -0.4 is 10.0 Å². The maximum atomic E-state index is 12.4. The fourth-order valence-electron chi connectivity index (χ4n) is 2.58. The number of benzene rings is 2. The van der Waals surface area contributed by atoms with Crippen molar-refractivity contribution in [3.8, 4) is 0 Å². The Balaban J connectivity index is 1.96. The van der Waals surface area contributed by atoms with Gasteiger partial charge in [0, 0.05) is 12.1 Å². The zero-order valence-electron chi connectivity index (χ0n) is 16.0. The van der Waals surface area contributed by atoms with Gasteiger partial charge in [-0.3, -0.25) is 4.79 Å². The molecule has 146 valence electrons. The van der Waals surface area contributed by atoms with Gasteiger partial charge in [-0.2, -0.15) is 0 Å². The van der Waals surface area contributed by atoms with Gasteiger partial charge in [0.25, 0.3) is 5.91 Å². The lowest BCUT2D eigenvalue weighted by atomic mass is 10.1. The van der Waals surface area contributed by atoms with Gasteiger partial charge in [-0.15, -0.1) is 0 Å². The fraction of sp³-hybridized carbons (Fsp3) is 0.350. The second-order valence-electron chi connectivity index (χ2n) is 6.68. The van der Waals surface area contributed by atoms with Crippen LogP contribution in [0.5, 0.6) is 0 Å². The molecule has 2 aromatic carbocycles. The summed E-state index contributed by atoms with van der Waals surface area (Å²) in [4.78, 5) is 14.5. The first-order valence-electron chi connectivity index (χ1n) is 8.90. The first-order valence-corrected chi connectivity index (χ1v) is 10.4. The first kappa shape index (κ1) is 21.1. The minimum atomic E-state index is -3.57. The molecule has 0 fully saturated rings. The highest BCUT2D eigenvalue weighted by Crippen LogP contribution is 2.14. The molecule has 1 amide bonds. The van der Waals surface area contributed by atoms with Crippen molar-refractivity contribution in [2.75, 3.05) is 27.2 Å². The summed E-state index contributed by atoms with van der Waals surface area (Å²) in [6.07, 6.45) is 0.726. The van der Waals surface area contributed by atoms with Gasteiger partial charge >= 0.3 is 0 Å². The van der Waals surface area contributed by atoms with E-state index in [1.54, 1.807) is 0 Å². The van der Waals surface area contributed by atoms with E-state index in [0.29, 0.717) is 12.1 Å². The second kappa shape index (κ2) is 9.64. The maximum Gasteiger partial charge on any atom is 0.251 e. The van der Waals surface area contributed by atoms with Crippen LogP contribution in [0.2, 0.25) is 0 Å². The van der Waals surface area contributed by atoms with E-state index in [0.717, 1.165) is 18.5 Å². The number of carbonyl (C=O) groups is 1. The summed E-state index contributed by atoms with van der Waals surface area (Å²) in [6.45, 7) is 3.09. The average molecular weight is 390 g/mol. The Morgan fingerprint density at radius 3 is 2.26 bits per heavy atom. The van der Waals surface area contributed by atoms with Gasteiger partial charge in [0.05, 0.1) is 10.9 Å². The Labute approximate surface area is 161 Å². The molecule has 0 aliphatic heterocycles. The molecule has 0 spiro atoms. The van der Waals surface area contributed by atoms with Gasteiger partial charge in [0.2, 0.25) is 10.0 Å². The molecule has 0 saturated heterocycles. The number of rotatable bonds is 9. The minimum absolute atomic E-state index is 0.138. The quantitative estimate of drug-likeness (QED) is 0.646. The molecular weight excluding hydrogens is 362 g/mol. The van der Waals surface area contributed by atoms with Crippen LogP contribution in [-0.2, 0) is 10.0 Å². The lowest BCUT2D eigenvalue weighted by Crippen LogP contribution is -2.28. The van der Waals surface area contributed by atoms with Gasteiger partial charge < -0.3 is 10.2 Å². The van der Waals surface area contributed by atoms with Crippen molar-refractivity contribution in [2.24, 2.45) is 0 Å². The van der Waals surface area contributed by atoms with Crippen molar-refractivity contribution in [3.05, 3.63) is 65.7 Å². The molecule has 0 heterocycles. The summed E-state index contributed by atoms with van der Waals surface area (Å²) >= 11 is 0. The Bertz CT molecular complexity index is 835. The third-order valence-electron chi connectivity index (χ3n) is 4.15. The van der Waals surface area contributed by atoms with E-state index >= 15 is 0 Å². The number of carbonyl (C=O) groups excluding carboxylic acids is 1. The third-order valence-corrected chi connectivity index (χ3v) is 5.63. The van der Waals surface area contributed by atoms with Crippen molar-refractivity contribution in [3.63, 3.8) is 0 Å². The molecule has 0 aromatic heterocycles. The van der Waals surface area contributed by atoms with Gasteiger partial charge in [-0.25, -0.2) is 13.1 Å². The van der Waals surface area contributed by atoms with Crippen molar-refractivity contribution in [1.82, 2.24) is 14.9 Å². The molecule has 6 nitrogen and oxygen atoms in total. The highest BCUT2D eigenvalue weighted by Gasteiger charge is 2.15. The smallest absolute Gasteiger partial charge is 0.251 e. The molecule has 0 radical (unpaired) electrons. The Morgan fingerprint density at radius 1 is 1.04 bits per heavy atom. The van der Waals surface area contributed by atoms with Crippen LogP contribution in [0.15, 0.2) is 59.5 Å². The third kappa shape index (κ3) is 6.46. The van der Waals surface area contributed by atoms with E-state index in [1.165, 1.54) is 24.3 Å². The summed E-state index contributed by atoms with van der Waals surface area (Å²) < 4.78 is 27.2. The molecular formula is C20H27N3O3S. The van der Waals surface area contributed by atoms with Crippen LogP contribution in [0.25, 0.3) is 0 Å². The Kier molecular flexibility index (Phi) is 7.53. The van der Waals surface area contributed by atoms with Gasteiger partial charge in [0.15, 0.2) is 0 Å². The summed E-state index contributed by atoms with van der Waals surface area (Å²) in [6, 6.07) is 15.5. The summed E-state index contributed by atoms with van der Waals surface area (Å²) in [5, 5.41) is 2.91. The first-order chi connectivity index (χ1) is 12.8. The van der Waals surface area contributed by atoms with E-state index in [2.05, 4.69) is 10.0 Å². The molecule has 0 aliphatic rings. The fourth-order valence-corrected chi connectivity index (χ4v) is 3.65. The monoisotopic (exact) mass is 389 g/mol. The van der Waals surface area contributed by atoms with Crippen molar-refractivity contribution >= 4 is 15.9 Å². The van der Waals surface area contributed by atoms with E-state index in [1.807, 2.05) is 56.3 Å². The molecule has 0 aliphatic carbocycles. The highest BCUT2D eigenvalue weighted by atomic mass is 32.2. The van der Waals surface area contributed by atoms with E-state index in [4.69, 9.17) is 0 Å². The van der Waals surface area contributed by atoms with E-state index in [-0.39, 0.29) is 16.8 Å². The van der Waals surface area contributed by atoms with E-state index in [9.17, 15) is 13.2 Å². The van der Waals surface area contributed by atoms with Crippen molar-refractivity contribution < 1.29 is 13.2 Å². The molecule has 0 saturated carbocycles. The number of sulfonamides is 1. The number of amides is 1. The molecule has 27 heavy (non-hydrogen) atoms. The molecule has 1 atom stereocenters. The van der Waals surface area contributed by atoms with E-state index < -0.39 is 10.0 Å². The lowest BCUT2D eigenvalue weighted by molar-refractivity contribution is 0.0940. The number of hydrogen-bond donors (Lipinski definition) is 2. The highest BCUT2D eigenvalue weighted by molar-refractivity contribution is 7.89.